The van der Waals surface area contributed by atoms with Gasteiger partial charge in [0.25, 0.3) is 0 Å². The lowest BCUT2D eigenvalue weighted by Crippen LogP contribution is -2.46. The number of aromatic nitrogens is 3. The summed E-state index contributed by atoms with van der Waals surface area (Å²) in [6, 6.07) is 5.28. The van der Waals surface area contributed by atoms with Gasteiger partial charge in [-0.3, -0.25) is 10.2 Å². The first-order valence-corrected chi connectivity index (χ1v) is 10.4. The Morgan fingerprint density at radius 3 is 2.81 bits per heavy atom. The number of hydrogen-bond acceptors (Lipinski definition) is 8. The monoisotopic (exact) mass is 443 g/mol. The number of hydrogen-bond donors (Lipinski definition) is 3. The van der Waals surface area contributed by atoms with Gasteiger partial charge in [-0.15, -0.1) is 0 Å². The van der Waals surface area contributed by atoms with E-state index in [4.69, 9.17) is 17.3 Å². The molecule has 0 aliphatic carbocycles. The zero-order chi connectivity index (χ0) is 22.1. The largest absolute Gasteiger partial charge is 0.405 e. The van der Waals surface area contributed by atoms with Crippen molar-refractivity contribution in [3.63, 3.8) is 0 Å². The van der Waals surface area contributed by atoms with E-state index in [-0.39, 0.29) is 6.03 Å². The Labute approximate surface area is 186 Å². The maximum atomic E-state index is 11.7. The number of piperazine rings is 1. The van der Waals surface area contributed by atoms with Gasteiger partial charge in [-0.1, -0.05) is 11.6 Å². The van der Waals surface area contributed by atoms with Crippen molar-refractivity contribution in [1.82, 2.24) is 25.2 Å². The summed E-state index contributed by atoms with van der Waals surface area (Å²) in [5.74, 6) is 1.02. The molecule has 4 N–H and O–H groups in total. The topological polar surface area (TPSA) is 125 Å². The van der Waals surface area contributed by atoms with E-state index in [9.17, 15) is 4.79 Å². The molecular weight excluding hydrogens is 418 g/mol. The van der Waals surface area contributed by atoms with Gasteiger partial charge in [0.1, 0.15) is 12.1 Å². The molecule has 2 aromatic rings. The number of carbonyl (C=O) groups is 1. The van der Waals surface area contributed by atoms with Gasteiger partial charge < -0.3 is 16.0 Å². The first-order valence-electron chi connectivity index (χ1n) is 9.99. The zero-order valence-electron chi connectivity index (χ0n) is 17.3. The number of urea groups is 1. The summed E-state index contributed by atoms with van der Waals surface area (Å²) in [5.41, 5.74) is 7.03. The SMILES string of the molecule is CCNC(=O)Nc1cc(CN2CCN(c3ccc(N=CC=CN)nc3Cl)CC2)ncn1. The Bertz CT molecular complexity index is 942. The lowest BCUT2D eigenvalue weighted by molar-refractivity contribution is 0.247. The van der Waals surface area contributed by atoms with E-state index in [2.05, 4.69) is 40.4 Å². The molecule has 2 aromatic heterocycles. The molecule has 0 radical (unpaired) electrons. The lowest BCUT2D eigenvalue weighted by Gasteiger charge is -2.36. The van der Waals surface area contributed by atoms with Crippen LogP contribution in [0, 0.1) is 0 Å². The smallest absolute Gasteiger partial charge is 0.320 e. The van der Waals surface area contributed by atoms with Crippen LogP contribution in [0.1, 0.15) is 12.6 Å². The molecule has 31 heavy (non-hydrogen) atoms. The Morgan fingerprint density at radius 1 is 1.29 bits per heavy atom. The number of rotatable bonds is 7. The van der Waals surface area contributed by atoms with Crippen LogP contribution in [0.4, 0.5) is 22.1 Å². The third kappa shape index (κ3) is 6.63. The molecule has 1 fully saturated rings. The minimum Gasteiger partial charge on any atom is -0.405 e. The molecule has 2 amide bonds. The second-order valence-corrected chi connectivity index (χ2v) is 7.14. The van der Waals surface area contributed by atoms with Crippen LogP contribution in [0.25, 0.3) is 0 Å². The van der Waals surface area contributed by atoms with E-state index in [0.29, 0.717) is 29.9 Å². The number of nitrogens with one attached hydrogen (secondary N) is 2. The minimum absolute atomic E-state index is 0.279. The molecule has 0 aromatic carbocycles. The maximum absolute atomic E-state index is 11.7. The fourth-order valence-corrected chi connectivity index (χ4v) is 3.41. The van der Waals surface area contributed by atoms with Crippen molar-refractivity contribution < 1.29 is 4.79 Å². The molecule has 1 aliphatic heterocycles. The number of aliphatic imine (C=N–C) groups is 1. The predicted molar refractivity (Wildman–Crippen MR) is 123 cm³/mol. The van der Waals surface area contributed by atoms with Crippen molar-refractivity contribution in [3.8, 4) is 0 Å². The van der Waals surface area contributed by atoms with E-state index < -0.39 is 0 Å². The number of pyridine rings is 1. The number of halogens is 1. The standard InChI is InChI=1S/C20H26ClN9O/c1-2-23-20(31)28-18-12-15(25-14-26-18)13-29-8-10-30(11-9-29)16-4-5-17(27-19(16)21)24-7-3-6-22/h3-7,12,14H,2,8-11,13,22H2,1H3,(H2,23,25,26,28,31). The average molecular weight is 444 g/mol. The summed E-state index contributed by atoms with van der Waals surface area (Å²) in [5, 5.41) is 5.81. The molecular formula is C20H26ClN9O. The summed E-state index contributed by atoms with van der Waals surface area (Å²) in [6.07, 6.45) is 6.06. The Morgan fingerprint density at radius 2 is 2.10 bits per heavy atom. The fourth-order valence-electron chi connectivity index (χ4n) is 3.14. The van der Waals surface area contributed by atoms with E-state index in [1.54, 1.807) is 18.4 Å². The van der Waals surface area contributed by atoms with Gasteiger partial charge in [-0.05, 0) is 31.3 Å². The molecule has 1 saturated heterocycles. The molecule has 0 unspecified atom stereocenters. The summed E-state index contributed by atoms with van der Waals surface area (Å²) in [6.45, 7) is 6.41. The number of amides is 2. The summed E-state index contributed by atoms with van der Waals surface area (Å²) in [4.78, 5) is 33.1. The number of nitrogens with zero attached hydrogens (tertiary/aromatic N) is 6. The Hall–Kier alpha value is -3.24. The number of carbonyl (C=O) groups excluding carboxylic acids is 1. The highest BCUT2D eigenvalue weighted by Gasteiger charge is 2.20. The zero-order valence-corrected chi connectivity index (χ0v) is 18.1. The van der Waals surface area contributed by atoms with Crippen molar-refractivity contribution >= 4 is 41.2 Å². The van der Waals surface area contributed by atoms with Crippen LogP contribution in [0.5, 0.6) is 0 Å². The van der Waals surface area contributed by atoms with Crippen molar-refractivity contribution in [3.05, 3.63) is 47.6 Å². The number of anilines is 2. The van der Waals surface area contributed by atoms with Crippen LogP contribution < -0.4 is 21.3 Å². The molecule has 1 aliphatic rings. The maximum Gasteiger partial charge on any atom is 0.320 e. The molecule has 0 atom stereocenters. The number of nitrogens with two attached hydrogens (primary N) is 1. The molecule has 0 bridgehead atoms. The van der Waals surface area contributed by atoms with Crippen molar-refractivity contribution in [2.24, 2.45) is 10.7 Å². The van der Waals surface area contributed by atoms with Crippen LogP contribution in [0.3, 0.4) is 0 Å². The predicted octanol–water partition coefficient (Wildman–Crippen LogP) is 2.16. The molecule has 0 saturated carbocycles. The quantitative estimate of drug-likeness (QED) is 0.442. The molecule has 10 nitrogen and oxygen atoms in total. The summed E-state index contributed by atoms with van der Waals surface area (Å²) < 4.78 is 0. The molecule has 3 rings (SSSR count). The summed E-state index contributed by atoms with van der Waals surface area (Å²) in [7, 11) is 0. The van der Waals surface area contributed by atoms with Crippen LogP contribution >= 0.6 is 11.6 Å². The first-order chi connectivity index (χ1) is 15.1. The van der Waals surface area contributed by atoms with E-state index in [1.165, 1.54) is 12.5 Å². The van der Waals surface area contributed by atoms with Gasteiger partial charge in [-0.2, -0.15) is 0 Å². The normalized spacial score (nSPS) is 15.0. The van der Waals surface area contributed by atoms with Gasteiger partial charge in [-0.25, -0.2) is 24.7 Å². The highest BCUT2D eigenvalue weighted by atomic mass is 35.5. The summed E-state index contributed by atoms with van der Waals surface area (Å²) >= 11 is 6.38. The lowest BCUT2D eigenvalue weighted by atomic mass is 10.2. The fraction of sp³-hybridized carbons (Fsp3) is 0.350. The van der Waals surface area contributed by atoms with E-state index in [0.717, 1.165) is 37.6 Å². The molecule has 3 heterocycles. The highest BCUT2D eigenvalue weighted by molar-refractivity contribution is 6.32. The van der Waals surface area contributed by atoms with Gasteiger partial charge in [0, 0.05) is 51.5 Å². The molecule has 11 heteroatoms. The van der Waals surface area contributed by atoms with Gasteiger partial charge in [0.05, 0.1) is 11.4 Å². The molecule has 164 valence electrons. The second kappa shape index (κ2) is 11.2. The third-order valence-corrected chi connectivity index (χ3v) is 4.90. The van der Waals surface area contributed by atoms with Gasteiger partial charge in [0.2, 0.25) is 0 Å². The second-order valence-electron chi connectivity index (χ2n) is 6.78. The minimum atomic E-state index is -0.279. The van der Waals surface area contributed by atoms with E-state index in [1.807, 2.05) is 19.1 Å². The Balaban J connectivity index is 1.55. The van der Waals surface area contributed by atoms with E-state index >= 15 is 0 Å². The van der Waals surface area contributed by atoms with Crippen LogP contribution in [-0.4, -0.2) is 64.8 Å². The number of allylic oxidation sites excluding steroid dienone is 1. The van der Waals surface area contributed by atoms with Crippen molar-refractivity contribution in [2.75, 3.05) is 42.9 Å². The van der Waals surface area contributed by atoms with Gasteiger partial charge >= 0.3 is 6.03 Å². The Kier molecular flexibility index (Phi) is 8.13. The van der Waals surface area contributed by atoms with Crippen molar-refractivity contribution in [1.29, 1.82) is 0 Å². The van der Waals surface area contributed by atoms with Crippen LogP contribution in [0.15, 0.2) is 41.8 Å². The van der Waals surface area contributed by atoms with Crippen LogP contribution in [0.2, 0.25) is 5.15 Å². The van der Waals surface area contributed by atoms with Gasteiger partial charge in [0.15, 0.2) is 11.0 Å². The van der Waals surface area contributed by atoms with Crippen LogP contribution in [-0.2, 0) is 6.54 Å². The third-order valence-electron chi connectivity index (χ3n) is 4.62. The first kappa shape index (κ1) is 22.4. The van der Waals surface area contributed by atoms with Crippen molar-refractivity contribution in [2.45, 2.75) is 13.5 Å². The molecule has 0 spiro atoms. The average Bonchev–Trinajstić information content (AvgIpc) is 2.75. The highest BCUT2D eigenvalue weighted by Crippen LogP contribution is 2.27.